The SMILES string of the molecule is NC1CCc2ccc(OCc3ccccc3)cc2C1O. The van der Waals surface area contributed by atoms with Crippen molar-refractivity contribution >= 4 is 0 Å². The lowest BCUT2D eigenvalue weighted by Gasteiger charge is -2.27. The molecule has 20 heavy (non-hydrogen) atoms. The highest BCUT2D eigenvalue weighted by atomic mass is 16.5. The van der Waals surface area contributed by atoms with Crippen LogP contribution in [0.3, 0.4) is 0 Å². The minimum Gasteiger partial charge on any atom is -0.489 e. The van der Waals surface area contributed by atoms with Gasteiger partial charge in [-0.2, -0.15) is 0 Å². The third-order valence-electron chi connectivity index (χ3n) is 3.84. The van der Waals surface area contributed by atoms with Crippen LogP contribution in [0.25, 0.3) is 0 Å². The van der Waals surface area contributed by atoms with Crippen LogP contribution in [0.15, 0.2) is 48.5 Å². The van der Waals surface area contributed by atoms with Crippen LogP contribution in [0.5, 0.6) is 5.75 Å². The Morgan fingerprint density at radius 1 is 1.15 bits per heavy atom. The largest absolute Gasteiger partial charge is 0.489 e. The normalized spacial score (nSPS) is 21.3. The van der Waals surface area contributed by atoms with Gasteiger partial charge in [0.1, 0.15) is 12.4 Å². The molecule has 2 atom stereocenters. The topological polar surface area (TPSA) is 55.5 Å². The number of benzene rings is 2. The van der Waals surface area contributed by atoms with Gasteiger partial charge in [0.05, 0.1) is 6.10 Å². The number of aliphatic hydroxyl groups is 1. The van der Waals surface area contributed by atoms with Gasteiger partial charge in [-0.1, -0.05) is 36.4 Å². The molecule has 2 aromatic carbocycles. The van der Waals surface area contributed by atoms with Crippen molar-refractivity contribution in [1.29, 1.82) is 0 Å². The molecule has 104 valence electrons. The Morgan fingerprint density at radius 2 is 1.95 bits per heavy atom. The van der Waals surface area contributed by atoms with Gasteiger partial charge in [-0.25, -0.2) is 0 Å². The van der Waals surface area contributed by atoms with E-state index in [4.69, 9.17) is 10.5 Å². The Balaban J connectivity index is 1.75. The number of hydrogen-bond acceptors (Lipinski definition) is 3. The highest BCUT2D eigenvalue weighted by molar-refractivity contribution is 5.39. The van der Waals surface area contributed by atoms with E-state index in [1.165, 1.54) is 5.56 Å². The molecule has 1 aliphatic rings. The van der Waals surface area contributed by atoms with E-state index in [1.807, 2.05) is 48.5 Å². The highest BCUT2D eigenvalue weighted by Crippen LogP contribution is 2.31. The quantitative estimate of drug-likeness (QED) is 0.900. The van der Waals surface area contributed by atoms with Crippen molar-refractivity contribution in [2.45, 2.75) is 31.6 Å². The number of aryl methyl sites for hydroxylation is 1. The molecule has 0 amide bonds. The summed E-state index contributed by atoms with van der Waals surface area (Å²) in [6.07, 6.45) is 1.17. The Kier molecular flexibility index (Phi) is 3.72. The number of rotatable bonds is 3. The van der Waals surface area contributed by atoms with E-state index in [1.54, 1.807) is 0 Å². The minimum absolute atomic E-state index is 0.174. The second-order valence-corrected chi connectivity index (χ2v) is 5.28. The molecule has 0 aromatic heterocycles. The first-order valence-electron chi connectivity index (χ1n) is 6.97. The van der Waals surface area contributed by atoms with Crippen LogP contribution in [0, 0.1) is 0 Å². The number of ether oxygens (including phenoxy) is 1. The van der Waals surface area contributed by atoms with Crippen LogP contribution in [0.2, 0.25) is 0 Å². The van der Waals surface area contributed by atoms with E-state index in [2.05, 4.69) is 0 Å². The molecule has 3 rings (SSSR count). The lowest BCUT2D eigenvalue weighted by atomic mass is 9.86. The molecule has 3 nitrogen and oxygen atoms in total. The van der Waals surface area contributed by atoms with E-state index < -0.39 is 6.10 Å². The molecule has 0 aliphatic heterocycles. The van der Waals surface area contributed by atoms with Gasteiger partial charge in [0.25, 0.3) is 0 Å². The molecular formula is C17H19NO2. The average Bonchev–Trinajstić information content (AvgIpc) is 2.50. The Hall–Kier alpha value is -1.84. The Morgan fingerprint density at radius 3 is 2.75 bits per heavy atom. The van der Waals surface area contributed by atoms with Crippen molar-refractivity contribution in [1.82, 2.24) is 0 Å². The van der Waals surface area contributed by atoms with Crippen molar-refractivity contribution in [3.8, 4) is 5.75 Å². The van der Waals surface area contributed by atoms with Crippen molar-refractivity contribution in [3.05, 3.63) is 65.2 Å². The van der Waals surface area contributed by atoms with Crippen LogP contribution in [-0.4, -0.2) is 11.1 Å². The summed E-state index contributed by atoms with van der Waals surface area (Å²) in [5.41, 5.74) is 9.13. The van der Waals surface area contributed by atoms with Crippen molar-refractivity contribution in [2.24, 2.45) is 5.73 Å². The summed E-state index contributed by atoms with van der Waals surface area (Å²) in [4.78, 5) is 0. The van der Waals surface area contributed by atoms with E-state index in [0.717, 1.165) is 29.7 Å². The van der Waals surface area contributed by atoms with Gasteiger partial charge in [-0.05, 0) is 41.7 Å². The molecule has 0 bridgehead atoms. The zero-order chi connectivity index (χ0) is 13.9. The predicted molar refractivity (Wildman–Crippen MR) is 78.5 cm³/mol. The van der Waals surface area contributed by atoms with Gasteiger partial charge in [0.15, 0.2) is 0 Å². The fourth-order valence-electron chi connectivity index (χ4n) is 2.62. The lowest BCUT2D eigenvalue weighted by molar-refractivity contribution is 0.133. The first-order chi connectivity index (χ1) is 9.74. The maximum absolute atomic E-state index is 10.2. The van der Waals surface area contributed by atoms with Crippen LogP contribution < -0.4 is 10.5 Å². The summed E-state index contributed by atoms with van der Waals surface area (Å²) in [6, 6.07) is 15.8. The molecule has 2 aromatic rings. The summed E-state index contributed by atoms with van der Waals surface area (Å²) < 4.78 is 5.79. The first-order valence-corrected chi connectivity index (χ1v) is 6.97. The average molecular weight is 269 g/mol. The standard InChI is InChI=1S/C17H19NO2/c18-16-9-7-13-6-8-14(10-15(13)17(16)19)20-11-12-4-2-1-3-5-12/h1-6,8,10,16-17,19H,7,9,11,18H2. The zero-order valence-corrected chi connectivity index (χ0v) is 11.3. The summed E-state index contributed by atoms with van der Waals surface area (Å²) >= 11 is 0. The van der Waals surface area contributed by atoms with Crippen molar-refractivity contribution in [2.75, 3.05) is 0 Å². The Bertz CT molecular complexity index is 583. The summed E-state index contributed by atoms with van der Waals surface area (Å²) in [6.45, 7) is 0.530. The van der Waals surface area contributed by atoms with Gasteiger partial charge < -0.3 is 15.6 Å². The molecule has 1 aliphatic carbocycles. The maximum Gasteiger partial charge on any atom is 0.120 e. The lowest BCUT2D eigenvalue weighted by Crippen LogP contribution is -2.32. The predicted octanol–water partition coefficient (Wildman–Crippen LogP) is 2.57. The first kappa shape index (κ1) is 13.2. The molecule has 0 heterocycles. The molecule has 0 spiro atoms. The summed E-state index contributed by atoms with van der Waals surface area (Å²) in [7, 11) is 0. The van der Waals surface area contributed by atoms with Crippen molar-refractivity contribution in [3.63, 3.8) is 0 Å². The van der Waals surface area contributed by atoms with Crippen LogP contribution >= 0.6 is 0 Å². The number of fused-ring (bicyclic) bond motifs is 1. The van der Waals surface area contributed by atoms with Gasteiger partial charge in [-0.3, -0.25) is 0 Å². The van der Waals surface area contributed by atoms with E-state index in [0.29, 0.717) is 6.61 Å². The van der Waals surface area contributed by atoms with Gasteiger partial charge in [0.2, 0.25) is 0 Å². The second-order valence-electron chi connectivity index (χ2n) is 5.28. The fourth-order valence-corrected chi connectivity index (χ4v) is 2.62. The van der Waals surface area contributed by atoms with E-state index in [-0.39, 0.29) is 6.04 Å². The summed E-state index contributed by atoms with van der Waals surface area (Å²) in [5, 5.41) is 10.2. The molecule has 0 fully saturated rings. The third-order valence-corrected chi connectivity index (χ3v) is 3.84. The van der Waals surface area contributed by atoms with Crippen LogP contribution in [0.1, 0.15) is 29.2 Å². The fraction of sp³-hybridized carbons (Fsp3) is 0.294. The molecular weight excluding hydrogens is 250 g/mol. The summed E-state index contributed by atoms with van der Waals surface area (Å²) in [5.74, 6) is 0.778. The molecule has 3 heteroatoms. The number of aliphatic hydroxyl groups excluding tert-OH is 1. The number of nitrogens with two attached hydrogens (primary N) is 1. The number of hydrogen-bond donors (Lipinski definition) is 2. The Labute approximate surface area is 119 Å². The molecule has 0 radical (unpaired) electrons. The van der Waals surface area contributed by atoms with Gasteiger partial charge >= 0.3 is 0 Å². The van der Waals surface area contributed by atoms with Crippen molar-refractivity contribution < 1.29 is 9.84 Å². The second kappa shape index (κ2) is 5.65. The van der Waals surface area contributed by atoms with Gasteiger partial charge in [0, 0.05) is 6.04 Å². The smallest absolute Gasteiger partial charge is 0.120 e. The molecule has 0 saturated carbocycles. The van der Waals surface area contributed by atoms with Crippen LogP contribution in [0.4, 0.5) is 0 Å². The maximum atomic E-state index is 10.2. The minimum atomic E-state index is -0.584. The molecule has 0 saturated heterocycles. The van der Waals surface area contributed by atoms with E-state index in [9.17, 15) is 5.11 Å². The highest BCUT2D eigenvalue weighted by Gasteiger charge is 2.25. The molecule has 3 N–H and O–H groups in total. The monoisotopic (exact) mass is 269 g/mol. The zero-order valence-electron chi connectivity index (χ0n) is 11.3. The van der Waals surface area contributed by atoms with E-state index >= 15 is 0 Å². The van der Waals surface area contributed by atoms with Gasteiger partial charge in [-0.15, -0.1) is 0 Å². The molecule has 2 unspecified atom stereocenters. The third kappa shape index (κ3) is 2.69. The van der Waals surface area contributed by atoms with Crippen LogP contribution in [-0.2, 0) is 13.0 Å².